The van der Waals surface area contributed by atoms with Crippen LogP contribution in [0.25, 0.3) is 0 Å². The van der Waals surface area contributed by atoms with E-state index in [1.54, 1.807) is 6.20 Å². The lowest BCUT2D eigenvalue weighted by atomic mass is 10.1. The molecule has 0 fully saturated rings. The predicted octanol–water partition coefficient (Wildman–Crippen LogP) is 2.86. The van der Waals surface area contributed by atoms with Gasteiger partial charge >= 0.3 is 0 Å². The summed E-state index contributed by atoms with van der Waals surface area (Å²) in [4.78, 5) is 11.4. The molecule has 0 atom stereocenters. The van der Waals surface area contributed by atoms with E-state index in [9.17, 15) is 4.79 Å². The second-order valence-electron chi connectivity index (χ2n) is 3.54. The van der Waals surface area contributed by atoms with Gasteiger partial charge < -0.3 is 0 Å². The number of Topliss-reactive ketones (excluding diaryl/α,β-unsaturated/α-hetero) is 1. The normalized spacial score (nSPS) is 10.6. The molecule has 3 nitrogen and oxygen atoms in total. The molecule has 0 spiro atoms. The summed E-state index contributed by atoms with van der Waals surface area (Å²) < 4.78 is 1.85. The van der Waals surface area contributed by atoms with Crippen molar-refractivity contribution in [2.45, 2.75) is 46.1 Å². The van der Waals surface area contributed by atoms with Crippen LogP contribution in [0.1, 0.15) is 38.8 Å². The zero-order valence-corrected chi connectivity index (χ0v) is 10.0. The van der Waals surface area contributed by atoms with Gasteiger partial charge in [0, 0.05) is 19.4 Å². The highest BCUT2D eigenvalue weighted by atomic mass is 35.5. The average Bonchev–Trinajstić information content (AvgIpc) is 2.57. The van der Waals surface area contributed by atoms with Gasteiger partial charge in [-0.2, -0.15) is 5.10 Å². The molecule has 15 heavy (non-hydrogen) atoms. The van der Waals surface area contributed by atoms with Gasteiger partial charge in [0.15, 0.2) is 0 Å². The van der Waals surface area contributed by atoms with Crippen molar-refractivity contribution in [1.29, 1.82) is 0 Å². The number of ketones is 1. The van der Waals surface area contributed by atoms with Gasteiger partial charge in [-0.15, -0.1) is 0 Å². The zero-order valence-electron chi connectivity index (χ0n) is 9.29. The van der Waals surface area contributed by atoms with Gasteiger partial charge in [-0.05, 0) is 19.8 Å². The molecule has 0 aliphatic rings. The number of aryl methyl sites for hydroxylation is 1. The highest BCUT2D eigenvalue weighted by Gasteiger charge is 2.09. The van der Waals surface area contributed by atoms with Gasteiger partial charge in [-0.25, -0.2) is 0 Å². The number of aromatic nitrogens is 2. The first kappa shape index (κ1) is 12.2. The van der Waals surface area contributed by atoms with Gasteiger partial charge in [0.05, 0.1) is 16.9 Å². The molecule has 0 saturated heterocycles. The third-order valence-corrected chi connectivity index (χ3v) is 2.68. The van der Waals surface area contributed by atoms with Crippen molar-refractivity contribution < 1.29 is 4.79 Å². The van der Waals surface area contributed by atoms with E-state index in [-0.39, 0.29) is 0 Å². The molecule has 0 amide bonds. The highest BCUT2D eigenvalue weighted by Crippen LogP contribution is 2.17. The molecule has 0 aliphatic carbocycles. The summed E-state index contributed by atoms with van der Waals surface area (Å²) in [6, 6.07) is 0. The molecule has 0 aromatic carbocycles. The summed E-state index contributed by atoms with van der Waals surface area (Å²) in [6.45, 7) is 4.83. The summed E-state index contributed by atoms with van der Waals surface area (Å²) >= 11 is 5.99. The lowest BCUT2D eigenvalue weighted by Gasteiger charge is -2.04. The van der Waals surface area contributed by atoms with E-state index in [0.29, 0.717) is 30.1 Å². The van der Waals surface area contributed by atoms with Crippen LogP contribution in [-0.4, -0.2) is 15.6 Å². The third-order valence-electron chi connectivity index (χ3n) is 2.37. The molecule has 0 bridgehead atoms. The van der Waals surface area contributed by atoms with E-state index in [1.165, 1.54) is 0 Å². The molecule has 1 rings (SSSR count). The Morgan fingerprint density at radius 1 is 1.47 bits per heavy atom. The smallest absolute Gasteiger partial charge is 0.133 e. The molecule has 0 unspecified atom stereocenters. The Labute approximate surface area is 95.4 Å². The summed E-state index contributed by atoms with van der Waals surface area (Å²) in [5.41, 5.74) is 0.976. The monoisotopic (exact) mass is 228 g/mol. The largest absolute Gasteiger partial charge is 0.300 e. The number of carbonyl (C=O) groups is 1. The molecule has 1 heterocycles. The van der Waals surface area contributed by atoms with Crippen molar-refractivity contribution in [1.82, 2.24) is 9.78 Å². The highest BCUT2D eigenvalue weighted by molar-refractivity contribution is 6.31. The van der Waals surface area contributed by atoms with Crippen LogP contribution >= 0.6 is 11.6 Å². The topological polar surface area (TPSA) is 34.9 Å². The second-order valence-corrected chi connectivity index (χ2v) is 3.95. The minimum atomic E-state index is 0.303. The van der Waals surface area contributed by atoms with Crippen molar-refractivity contribution in [3.8, 4) is 0 Å². The van der Waals surface area contributed by atoms with Crippen LogP contribution < -0.4 is 0 Å². The van der Waals surface area contributed by atoms with Gasteiger partial charge in [-0.1, -0.05) is 18.5 Å². The molecular weight excluding hydrogens is 212 g/mol. The Kier molecular flexibility index (Phi) is 4.82. The first-order valence-electron chi connectivity index (χ1n) is 5.40. The number of hydrogen-bond acceptors (Lipinski definition) is 2. The Morgan fingerprint density at radius 2 is 2.20 bits per heavy atom. The lowest BCUT2D eigenvalue weighted by Crippen LogP contribution is -2.06. The minimum Gasteiger partial charge on any atom is -0.300 e. The van der Waals surface area contributed by atoms with Gasteiger partial charge in [0.25, 0.3) is 0 Å². The maximum Gasteiger partial charge on any atom is 0.133 e. The Hall–Kier alpha value is -0.830. The number of nitrogens with zero attached hydrogens (tertiary/aromatic N) is 2. The van der Waals surface area contributed by atoms with Crippen molar-refractivity contribution >= 4 is 17.4 Å². The average molecular weight is 229 g/mol. The standard InChI is InChI=1S/C11H17ClN2O/c1-3-5-9(15)6-7-11-10(12)8-13-14(11)4-2/h8H,3-7H2,1-2H3. The van der Waals surface area contributed by atoms with Crippen LogP contribution in [0.2, 0.25) is 5.02 Å². The van der Waals surface area contributed by atoms with E-state index in [0.717, 1.165) is 18.7 Å². The van der Waals surface area contributed by atoms with Crippen molar-refractivity contribution in [2.75, 3.05) is 0 Å². The summed E-state index contributed by atoms with van der Waals surface area (Å²) in [7, 11) is 0. The SMILES string of the molecule is CCCC(=O)CCc1c(Cl)cnn1CC. The summed E-state index contributed by atoms with van der Waals surface area (Å²) in [5.74, 6) is 0.303. The maximum atomic E-state index is 11.4. The van der Waals surface area contributed by atoms with Crippen LogP contribution in [0.5, 0.6) is 0 Å². The molecule has 84 valence electrons. The molecule has 0 aliphatic heterocycles. The summed E-state index contributed by atoms with van der Waals surface area (Å²) in [5, 5.41) is 4.80. The number of halogens is 1. The van der Waals surface area contributed by atoms with Crippen molar-refractivity contribution in [3.63, 3.8) is 0 Å². The van der Waals surface area contributed by atoms with E-state index in [2.05, 4.69) is 5.10 Å². The van der Waals surface area contributed by atoms with Gasteiger partial charge in [-0.3, -0.25) is 9.48 Å². The quantitative estimate of drug-likeness (QED) is 0.751. The Bertz CT molecular complexity index is 333. The summed E-state index contributed by atoms with van der Waals surface area (Å²) in [6.07, 6.45) is 4.49. The number of hydrogen-bond donors (Lipinski definition) is 0. The first-order chi connectivity index (χ1) is 7.19. The minimum absolute atomic E-state index is 0.303. The molecular formula is C11H17ClN2O. The fourth-order valence-corrected chi connectivity index (χ4v) is 1.81. The molecule has 4 heteroatoms. The molecule has 0 N–H and O–H groups in total. The van der Waals surface area contributed by atoms with Gasteiger partial charge in [0.2, 0.25) is 0 Å². The van der Waals surface area contributed by atoms with Crippen molar-refractivity contribution in [3.05, 3.63) is 16.9 Å². The lowest BCUT2D eigenvalue weighted by molar-refractivity contribution is -0.119. The van der Waals surface area contributed by atoms with Crippen LogP contribution in [0.3, 0.4) is 0 Å². The predicted molar refractivity (Wildman–Crippen MR) is 61.1 cm³/mol. The third kappa shape index (κ3) is 3.34. The maximum absolute atomic E-state index is 11.4. The van der Waals surface area contributed by atoms with Gasteiger partial charge in [0.1, 0.15) is 5.78 Å². The van der Waals surface area contributed by atoms with Crippen LogP contribution in [0.4, 0.5) is 0 Å². The van der Waals surface area contributed by atoms with E-state index in [4.69, 9.17) is 11.6 Å². The first-order valence-corrected chi connectivity index (χ1v) is 5.78. The molecule has 0 saturated carbocycles. The van der Waals surface area contributed by atoms with Crippen LogP contribution in [0.15, 0.2) is 6.20 Å². The number of carbonyl (C=O) groups excluding carboxylic acids is 1. The molecule has 1 aromatic heterocycles. The fourth-order valence-electron chi connectivity index (χ4n) is 1.57. The van der Waals surface area contributed by atoms with Crippen LogP contribution in [0, 0.1) is 0 Å². The Balaban J connectivity index is 2.56. The fraction of sp³-hybridized carbons (Fsp3) is 0.636. The molecule has 0 radical (unpaired) electrons. The molecule has 1 aromatic rings. The van der Waals surface area contributed by atoms with Crippen molar-refractivity contribution in [2.24, 2.45) is 0 Å². The second kappa shape index (κ2) is 5.91. The van der Waals surface area contributed by atoms with E-state index < -0.39 is 0 Å². The Morgan fingerprint density at radius 3 is 2.80 bits per heavy atom. The van der Waals surface area contributed by atoms with Crippen LogP contribution in [-0.2, 0) is 17.8 Å². The van der Waals surface area contributed by atoms with E-state index in [1.807, 2.05) is 18.5 Å². The van der Waals surface area contributed by atoms with E-state index >= 15 is 0 Å². The zero-order chi connectivity index (χ0) is 11.3. The number of rotatable bonds is 6.